The number of esters is 2. The summed E-state index contributed by atoms with van der Waals surface area (Å²) in [5.41, 5.74) is 0.326. The number of hydrogen-bond acceptors (Lipinski definition) is 5. The molecule has 0 saturated heterocycles. The molecule has 0 radical (unpaired) electrons. The van der Waals surface area contributed by atoms with E-state index in [0.717, 1.165) is 17.8 Å². The van der Waals surface area contributed by atoms with E-state index in [0.29, 0.717) is 12.0 Å². The Labute approximate surface area is 140 Å². The van der Waals surface area contributed by atoms with Crippen LogP contribution in [0.4, 0.5) is 0 Å². The molecule has 3 heterocycles. The zero-order valence-electron chi connectivity index (χ0n) is 13.9. The minimum Gasteiger partial charge on any atom is -0.458 e. The predicted molar refractivity (Wildman–Crippen MR) is 85.8 cm³/mol. The minimum atomic E-state index is -1.87. The molecule has 0 bridgehead atoms. The van der Waals surface area contributed by atoms with Gasteiger partial charge in [0.25, 0.3) is 0 Å². The van der Waals surface area contributed by atoms with Gasteiger partial charge in [-0.2, -0.15) is 0 Å². The fraction of sp³-hybridized carbons (Fsp3) is 0.444. The first-order chi connectivity index (χ1) is 11.3. The molecule has 1 aromatic rings. The van der Waals surface area contributed by atoms with Gasteiger partial charge in [0, 0.05) is 36.7 Å². The van der Waals surface area contributed by atoms with Crippen LogP contribution in [0, 0.1) is 0 Å². The van der Waals surface area contributed by atoms with Gasteiger partial charge in [0.2, 0.25) is 0 Å². The number of hydrogen-bond donors (Lipinski definition) is 1. The molecule has 0 fully saturated rings. The van der Waals surface area contributed by atoms with E-state index in [4.69, 9.17) is 9.47 Å². The van der Waals surface area contributed by atoms with Gasteiger partial charge in [-0.15, -0.1) is 0 Å². The highest BCUT2D eigenvalue weighted by Gasteiger charge is 2.38. The molecule has 0 amide bonds. The Balaban J connectivity index is 2.00. The molecule has 128 valence electrons. The lowest BCUT2D eigenvalue weighted by Crippen LogP contribution is -2.39. The summed E-state index contributed by atoms with van der Waals surface area (Å²) < 4.78 is 13.0. The van der Waals surface area contributed by atoms with Gasteiger partial charge in [-0.05, 0) is 25.5 Å². The van der Waals surface area contributed by atoms with E-state index in [9.17, 15) is 14.7 Å². The summed E-state index contributed by atoms with van der Waals surface area (Å²) in [7, 11) is 0. The maximum atomic E-state index is 12.5. The number of aliphatic hydroxyl groups is 1. The maximum Gasteiger partial charge on any atom is 0.342 e. The Morgan fingerprint density at radius 3 is 2.92 bits per heavy atom. The fourth-order valence-electron chi connectivity index (χ4n) is 3.07. The third-order valence-corrected chi connectivity index (χ3v) is 4.74. The molecule has 0 unspecified atom stereocenters. The van der Waals surface area contributed by atoms with Crippen LogP contribution in [-0.2, 0) is 32.2 Å². The highest BCUT2D eigenvalue weighted by atomic mass is 16.6. The summed E-state index contributed by atoms with van der Waals surface area (Å²) in [6, 6.07) is 1.84. The van der Waals surface area contributed by atoms with Gasteiger partial charge in [0.15, 0.2) is 5.60 Å². The largest absolute Gasteiger partial charge is 0.458 e. The van der Waals surface area contributed by atoms with E-state index < -0.39 is 17.5 Å². The minimum absolute atomic E-state index is 0.0229. The van der Waals surface area contributed by atoms with Crippen molar-refractivity contribution in [2.24, 2.45) is 0 Å². The van der Waals surface area contributed by atoms with E-state index in [1.807, 2.05) is 16.8 Å². The molecule has 3 rings (SSSR count). The monoisotopic (exact) mass is 331 g/mol. The third kappa shape index (κ3) is 2.67. The number of carbonyl (C=O) groups excluding carboxylic acids is 2. The van der Waals surface area contributed by atoms with Crippen LogP contribution in [-0.4, -0.2) is 27.2 Å². The summed E-state index contributed by atoms with van der Waals surface area (Å²) in [4.78, 5) is 24.8. The molecule has 6 heteroatoms. The van der Waals surface area contributed by atoms with Crippen molar-refractivity contribution in [1.29, 1.82) is 0 Å². The van der Waals surface area contributed by atoms with E-state index >= 15 is 0 Å². The molecule has 0 aromatic carbocycles. The van der Waals surface area contributed by atoms with Gasteiger partial charge < -0.3 is 19.1 Å². The Hall–Kier alpha value is -2.34. The number of aryl methyl sites for hydroxylation is 1. The van der Waals surface area contributed by atoms with Crippen molar-refractivity contribution in [3.05, 3.63) is 47.3 Å². The summed E-state index contributed by atoms with van der Waals surface area (Å²) in [5.74, 6) is -1.22. The molecule has 2 aliphatic rings. The summed E-state index contributed by atoms with van der Waals surface area (Å²) >= 11 is 0. The molecular formula is C18H21NO5. The zero-order valence-corrected chi connectivity index (χ0v) is 13.9. The van der Waals surface area contributed by atoms with Gasteiger partial charge in [-0.1, -0.05) is 12.7 Å². The molecule has 1 N–H and O–H groups in total. The lowest BCUT2D eigenvalue weighted by atomic mass is 9.91. The number of nitrogens with zero attached hydrogens (tertiary/aromatic N) is 1. The SMILES string of the molecule is C=C1C/C(=C/C)C(=O)O[C@@H]2CCn3ccc(c32)COC(=O)[C@]1(C)O. The summed E-state index contributed by atoms with van der Waals surface area (Å²) in [6.45, 7) is 7.57. The normalized spacial score (nSPS) is 29.5. The van der Waals surface area contributed by atoms with E-state index in [1.165, 1.54) is 6.92 Å². The zero-order chi connectivity index (χ0) is 17.5. The van der Waals surface area contributed by atoms with Gasteiger partial charge >= 0.3 is 11.9 Å². The van der Waals surface area contributed by atoms with Crippen LogP contribution in [0.5, 0.6) is 0 Å². The molecule has 1 aromatic heterocycles. The van der Waals surface area contributed by atoms with Gasteiger partial charge in [0.1, 0.15) is 12.7 Å². The van der Waals surface area contributed by atoms with E-state index in [1.54, 1.807) is 13.0 Å². The standard InChI is InChI=1S/C18H21NO5/c1-4-12-9-11(2)18(3,22)17(21)23-10-13-5-7-19-8-6-14(15(13)19)24-16(12)20/h4-5,7,14,22H,2,6,8-10H2,1,3H3/b12-4-/t14-,18-/m1/s1. The van der Waals surface area contributed by atoms with Gasteiger partial charge in [-0.3, -0.25) is 0 Å². The number of cyclic esters (lactones) is 1. The third-order valence-electron chi connectivity index (χ3n) is 4.74. The highest BCUT2D eigenvalue weighted by Crippen LogP contribution is 2.35. The predicted octanol–water partition coefficient (Wildman–Crippen LogP) is 2.18. The van der Waals surface area contributed by atoms with Crippen LogP contribution in [0.25, 0.3) is 0 Å². The van der Waals surface area contributed by atoms with Gasteiger partial charge in [-0.25, -0.2) is 9.59 Å². The number of ether oxygens (including phenoxy) is 2. The molecule has 6 nitrogen and oxygen atoms in total. The van der Waals surface area contributed by atoms with Crippen LogP contribution < -0.4 is 0 Å². The number of carbonyl (C=O) groups is 2. The Morgan fingerprint density at radius 1 is 1.46 bits per heavy atom. The van der Waals surface area contributed by atoms with Crippen molar-refractivity contribution in [3.8, 4) is 0 Å². The van der Waals surface area contributed by atoms with Crippen molar-refractivity contribution in [2.75, 3.05) is 0 Å². The summed E-state index contributed by atoms with van der Waals surface area (Å²) in [5, 5.41) is 10.5. The smallest absolute Gasteiger partial charge is 0.342 e. The lowest BCUT2D eigenvalue weighted by molar-refractivity contribution is -0.161. The Morgan fingerprint density at radius 2 is 2.21 bits per heavy atom. The second kappa shape index (κ2) is 5.94. The molecular weight excluding hydrogens is 310 g/mol. The lowest BCUT2D eigenvalue weighted by Gasteiger charge is -2.26. The van der Waals surface area contributed by atoms with Crippen LogP contribution in [0.2, 0.25) is 0 Å². The van der Waals surface area contributed by atoms with Gasteiger partial charge in [0.05, 0.1) is 5.69 Å². The Bertz CT molecular complexity index is 741. The Kier molecular flexibility index (Phi) is 4.09. The van der Waals surface area contributed by atoms with Crippen molar-refractivity contribution in [1.82, 2.24) is 4.57 Å². The van der Waals surface area contributed by atoms with Crippen LogP contribution in [0.15, 0.2) is 36.1 Å². The average molecular weight is 331 g/mol. The fourth-order valence-corrected chi connectivity index (χ4v) is 3.07. The van der Waals surface area contributed by atoms with Crippen molar-refractivity contribution >= 4 is 11.9 Å². The number of allylic oxidation sites excluding steroid dienone is 1. The number of aromatic nitrogens is 1. The van der Waals surface area contributed by atoms with E-state index in [2.05, 4.69) is 6.58 Å². The average Bonchev–Trinajstić information content (AvgIpc) is 3.12. The first-order valence-electron chi connectivity index (χ1n) is 7.96. The van der Waals surface area contributed by atoms with Crippen LogP contribution >= 0.6 is 0 Å². The number of rotatable bonds is 0. The van der Waals surface area contributed by atoms with Crippen LogP contribution in [0.1, 0.15) is 44.1 Å². The molecule has 2 aliphatic heterocycles. The first kappa shape index (κ1) is 16.5. The molecule has 0 saturated carbocycles. The summed E-state index contributed by atoms with van der Waals surface area (Å²) in [6.07, 6.45) is 3.90. The molecule has 0 aliphatic carbocycles. The second-order valence-electron chi connectivity index (χ2n) is 6.34. The molecule has 24 heavy (non-hydrogen) atoms. The molecule has 0 spiro atoms. The van der Waals surface area contributed by atoms with E-state index in [-0.39, 0.29) is 24.7 Å². The topological polar surface area (TPSA) is 77.8 Å². The van der Waals surface area contributed by atoms with Crippen LogP contribution in [0.3, 0.4) is 0 Å². The van der Waals surface area contributed by atoms with Crippen molar-refractivity contribution in [3.63, 3.8) is 0 Å². The van der Waals surface area contributed by atoms with Crippen molar-refractivity contribution in [2.45, 2.75) is 51.5 Å². The highest BCUT2D eigenvalue weighted by molar-refractivity contribution is 5.90. The second-order valence-corrected chi connectivity index (χ2v) is 6.34. The van der Waals surface area contributed by atoms with Crippen molar-refractivity contribution < 1.29 is 24.2 Å². The first-order valence-corrected chi connectivity index (χ1v) is 7.96. The molecule has 2 atom stereocenters. The maximum absolute atomic E-state index is 12.5. The quantitative estimate of drug-likeness (QED) is 0.448.